The van der Waals surface area contributed by atoms with Crippen LogP contribution in [0.1, 0.15) is 45.4 Å². The van der Waals surface area contributed by atoms with E-state index in [0.717, 1.165) is 39.0 Å². The molecule has 4 fully saturated rings. The molecular formula is C22H37ClN6O. The van der Waals surface area contributed by atoms with E-state index in [1.807, 2.05) is 0 Å². The normalized spacial score (nSPS) is 41.2. The molecule has 2 aliphatic heterocycles. The van der Waals surface area contributed by atoms with Gasteiger partial charge in [-0.1, -0.05) is 6.92 Å². The molecule has 0 aromatic rings. The zero-order chi connectivity index (χ0) is 21.3. The van der Waals surface area contributed by atoms with Crippen LogP contribution in [0.2, 0.25) is 0 Å². The molecule has 8 heteroatoms. The lowest BCUT2D eigenvalue weighted by Crippen LogP contribution is -2.67. The summed E-state index contributed by atoms with van der Waals surface area (Å²) in [5, 5.41) is 20.2. The zero-order valence-corrected chi connectivity index (χ0v) is 18.8. The van der Waals surface area contributed by atoms with Gasteiger partial charge < -0.3 is 16.4 Å². The minimum Gasteiger partial charge on any atom is -0.354 e. The lowest BCUT2D eigenvalue weighted by atomic mass is 9.80. The van der Waals surface area contributed by atoms with E-state index in [9.17, 15) is 10.1 Å². The first-order valence-electron chi connectivity index (χ1n) is 11.7. The van der Waals surface area contributed by atoms with E-state index < -0.39 is 5.41 Å². The lowest BCUT2D eigenvalue weighted by Gasteiger charge is -2.47. The molecule has 2 saturated carbocycles. The van der Waals surface area contributed by atoms with Gasteiger partial charge in [0.15, 0.2) is 0 Å². The molecule has 7 nitrogen and oxygen atoms in total. The Hall–Kier alpha value is -0.910. The van der Waals surface area contributed by atoms with E-state index in [2.05, 4.69) is 33.8 Å². The van der Waals surface area contributed by atoms with Gasteiger partial charge >= 0.3 is 0 Å². The standard InChI is InChI=1S/C22H37ClN6O/c1-14-2-3-16(8-18(14)23)19-26-10-17(11-27-21(30)22(13-25)5-6-22)20(28-19)29-7-4-15(9-24)12-29/h14-20,26,28H,2-12,24H2,1H3,(H,27,30)/t14?,15-,16?,17?,18?,19?,20?/m1/s1. The number of halogens is 1. The van der Waals surface area contributed by atoms with Crippen molar-refractivity contribution in [2.45, 2.75) is 63.2 Å². The van der Waals surface area contributed by atoms with Crippen LogP contribution < -0.4 is 21.7 Å². The van der Waals surface area contributed by atoms with Gasteiger partial charge in [-0.2, -0.15) is 5.26 Å². The summed E-state index contributed by atoms with van der Waals surface area (Å²) < 4.78 is 0. The van der Waals surface area contributed by atoms with Gasteiger partial charge in [0.25, 0.3) is 0 Å². The molecule has 2 saturated heterocycles. The van der Waals surface area contributed by atoms with Crippen molar-refractivity contribution in [1.82, 2.24) is 20.9 Å². The summed E-state index contributed by atoms with van der Waals surface area (Å²) in [5.74, 6) is 1.82. The highest BCUT2D eigenvalue weighted by molar-refractivity contribution is 6.20. The molecule has 30 heavy (non-hydrogen) atoms. The Balaban J connectivity index is 1.40. The lowest BCUT2D eigenvalue weighted by molar-refractivity contribution is -0.124. The Bertz CT molecular complexity index is 665. The molecule has 7 atom stereocenters. The Morgan fingerprint density at radius 2 is 2.17 bits per heavy atom. The Kier molecular flexibility index (Phi) is 6.91. The van der Waals surface area contributed by atoms with E-state index in [1.165, 1.54) is 12.8 Å². The van der Waals surface area contributed by atoms with Crippen LogP contribution in [-0.2, 0) is 4.79 Å². The topological polar surface area (TPSA) is 106 Å². The van der Waals surface area contributed by atoms with Crippen molar-refractivity contribution in [3.05, 3.63) is 0 Å². The van der Waals surface area contributed by atoms with Crippen LogP contribution in [-0.4, -0.2) is 61.2 Å². The predicted octanol–water partition coefficient (Wildman–Crippen LogP) is 1.19. The van der Waals surface area contributed by atoms with Crippen LogP contribution in [0, 0.1) is 40.4 Å². The first kappa shape index (κ1) is 22.3. The molecule has 4 aliphatic rings. The van der Waals surface area contributed by atoms with Crippen molar-refractivity contribution in [2.75, 3.05) is 32.7 Å². The van der Waals surface area contributed by atoms with Crippen molar-refractivity contribution in [3.63, 3.8) is 0 Å². The second-order valence-corrected chi connectivity index (χ2v) is 10.7. The Morgan fingerprint density at radius 1 is 1.37 bits per heavy atom. The van der Waals surface area contributed by atoms with Crippen molar-refractivity contribution in [3.8, 4) is 6.07 Å². The maximum absolute atomic E-state index is 12.5. The molecule has 0 radical (unpaired) electrons. The minimum absolute atomic E-state index is 0.0987. The maximum Gasteiger partial charge on any atom is 0.240 e. The van der Waals surface area contributed by atoms with Gasteiger partial charge in [0.05, 0.1) is 18.4 Å². The number of rotatable bonds is 6. The maximum atomic E-state index is 12.5. The van der Waals surface area contributed by atoms with Crippen molar-refractivity contribution >= 4 is 17.5 Å². The van der Waals surface area contributed by atoms with Crippen LogP contribution in [0.4, 0.5) is 0 Å². The monoisotopic (exact) mass is 436 g/mol. The van der Waals surface area contributed by atoms with Gasteiger partial charge in [-0.25, -0.2) is 0 Å². The van der Waals surface area contributed by atoms with Gasteiger partial charge in [-0.15, -0.1) is 11.6 Å². The summed E-state index contributed by atoms with van der Waals surface area (Å²) >= 11 is 6.60. The highest BCUT2D eigenvalue weighted by Gasteiger charge is 2.51. The van der Waals surface area contributed by atoms with Crippen LogP contribution in [0.25, 0.3) is 0 Å². The summed E-state index contributed by atoms with van der Waals surface area (Å²) in [5.41, 5.74) is 5.18. The van der Waals surface area contributed by atoms with Crippen LogP contribution in [0.15, 0.2) is 0 Å². The summed E-state index contributed by atoms with van der Waals surface area (Å²) in [4.78, 5) is 15.0. The third-order valence-electron chi connectivity index (χ3n) is 7.97. The first-order chi connectivity index (χ1) is 14.5. The molecule has 168 valence electrons. The smallest absolute Gasteiger partial charge is 0.240 e. The second-order valence-electron chi connectivity index (χ2n) is 10.1. The number of carbonyl (C=O) groups excluding carboxylic acids is 1. The van der Waals surface area contributed by atoms with Gasteiger partial charge in [-0.05, 0) is 62.8 Å². The predicted molar refractivity (Wildman–Crippen MR) is 117 cm³/mol. The number of nitrogens with one attached hydrogen (secondary N) is 3. The van der Waals surface area contributed by atoms with Gasteiger partial charge in [-0.3, -0.25) is 15.0 Å². The second kappa shape index (κ2) is 9.30. The fourth-order valence-electron chi connectivity index (χ4n) is 5.47. The number of nitrogens with zero attached hydrogens (tertiary/aromatic N) is 2. The molecule has 2 aliphatic carbocycles. The summed E-state index contributed by atoms with van der Waals surface area (Å²) in [7, 11) is 0. The third-order valence-corrected chi connectivity index (χ3v) is 8.58. The fourth-order valence-corrected chi connectivity index (χ4v) is 5.83. The van der Waals surface area contributed by atoms with E-state index in [1.54, 1.807) is 0 Å². The van der Waals surface area contributed by atoms with Crippen molar-refractivity contribution < 1.29 is 4.79 Å². The molecular weight excluding hydrogens is 400 g/mol. The zero-order valence-electron chi connectivity index (χ0n) is 18.1. The van der Waals surface area contributed by atoms with Crippen molar-refractivity contribution in [2.24, 2.45) is 34.8 Å². The van der Waals surface area contributed by atoms with Gasteiger partial charge in [0.1, 0.15) is 5.41 Å². The van der Waals surface area contributed by atoms with Crippen molar-refractivity contribution in [1.29, 1.82) is 5.26 Å². The summed E-state index contributed by atoms with van der Waals surface area (Å²) in [6.07, 6.45) is 6.38. The van der Waals surface area contributed by atoms with E-state index in [0.29, 0.717) is 37.1 Å². The Morgan fingerprint density at radius 3 is 2.80 bits per heavy atom. The van der Waals surface area contributed by atoms with Crippen LogP contribution in [0.3, 0.4) is 0 Å². The molecule has 0 bridgehead atoms. The highest BCUT2D eigenvalue weighted by atomic mass is 35.5. The quantitative estimate of drug-likeness (QED) is 0.466. The minimum atomic E-state index is -0.764. The third kappa shape index (κ3) is 4.63. The van der Waals surface area contributed by atoms with Crippen LogP contribution in [0.5, 0.6) is 0 Å². The molecule has 6 unspecified atom stereocenters. The first-order valence-corrected chi connectivity index (χ1v) is 12.2. The number of hydrogen-bond donors (Lipinski definition) is 4. The number of hydrogen-bond acceptors (Lipinski definition) is 6. The van der Waals surface area contributed by atoms with Crippen LogP contribution >= 0.6 is 11.6 Å². The molecule has 4 rings (SSSR count). The number of alkyl halides is 1. The average Bonchev–Trinajstić information content (AvgIpc) is 3.43. The number of carbonyl (C=O) groups is 1. The van der Waals surface area contributed by atoms with E-state index in [4.69, 9.17) is 17.3 Å². The molecule has 5 N–H and O–H groups in total. The molecule has 2 heterocycles. The summed E-state index contributed by atoms with van der Waals surface area (Å²) in [6.45, 7) is 6.47. The van der Waals surface area contributed by atoms with Gasteiger partial charge in [0.2, 0.25) is 5.91 Å². The molecule has 0 aromatic heterocycles. The number of nitrogens with two attached hydrogens (primary N) is 1. The SMILES string of the molecule is CC1CCC(C2NCC(CNC(=O)C3(C#N)CC3)C(N3CC[C@H](CN)C3)N2)CC1Cl. The number of likely N-dealkylation sites (tertiary alicyclic amines) is 1. The molecule has 1 amide bonds. The average molecular weight is 437 g/mol. The number of amides is 1. The molecule has 0 spiro atoms. The van der Waals surface area contributed by atoms with E-state index in [-0.39, 0.29) is 29.5 Å². The fraction of sp³-hybridized carbons (Fsp3) is 0.909. The van der Waals surface area contributed by atoms with Gasteiger partial charge in [0, 0.05) is 37.5 Å². The number of nitriles is 1. The highest BCUT2D eigenvalue weighted by Crippen LogP contribution is 2.45. The Labute approximate surface area is 185 Å². The largest absolute Gasteiger partial charge is 0.354 e. The van der Waals surface area contributed by atoms with E-state index >= 15 is 0 Å². The summed E-state index contributed by atoms with van der Waals surface area (Å²) in [6, 6.07) is 2.20. The molecule has 0 aromatic carbocycles.